The molecule has 5 amide bonds. The standard InChI is InChI=1S/C28H35N5O7/c1-28(2,3)40-27(38)33-16-25(36)32-15-24(35)31-14-23(34)29-12-13-30-26(37)39-17-22-20-10-6-4-8-18(20)19-9-5-7-11-21(19)22/h4-11,22H,12-17H2,1-3H3,(H,29,34)(H,30,37)(H,31,35)(H,32,36)(H,33,38). The number of fused-ring (bicyclic) bond motifs is 3. The SMILES string of the molecule is CC(C)(C)OC(=O)NCC(=O)NCC(=O)NCC(=O)NCCNC(=O)OCC1c2ccccc2-c2ccccc21. The number of nitrogens with one attached hydrogen (secondary N) is 5. The topological polar surface area (TPSA) is 164 Å². The highest BCUT2D eigenvalue weighted by Crippen LogP contribution is 2.44. The predicted octanol–water partition coefficient (Wildman–Crippen LogP) is 1.40. The molecule has 0 unspecified atom stereocenters. The zero-order valence-corrected chi connectivity index (χ0v) is 22.8. The van der Waals surface area contributed by atoms with E-state index in [-0.39, 0.29) is 45.2 Å². The van der Waals surface area contributed by atoms with Crippen molar-refractivity contribution in [1.82, 2.24) is 26.6 Å². The van der Waals surface area contributed by atoms with E-state index in [2.05, 4.69) is 38.7 Å². The molecule has 0 saturated carbocycles. The van der Waals surface area contributed by atoms with Crippen LogP contribution in [0, 0.1) is 0 Å². The molecule has 5 N–H and O–H groups in total. The number of hydrogen-bond acceptors (Lipinski definition) is 7. The minimum absolute atomic E-state index is 0.0486. The van der Waals surface area contributed by atoms with Gasteiger partial charge in [0, 0.05) is 19.0 Å². The van der Waals surface area contributed by atoms with Crippen molar-refractivity contribution in [2.45, 2.75) is 32.3 Å². The summed E-state index contributed by atoms with van der Waals surface area (Å²) in [5.41, 5.74) is 3.81. The van der Waals surface area contributed by atoms with Gasteiger partial charge in [-0.25, -0.2) is 9.59 Å². The van der Waals surface area contributed by atoms with Gasteiger partial charge in [-0.3, -0.25) is 14.4 Å². The molecule has 12 heteroatoms. The molecule has 1 aliphatic rings. The number of carbonyl (C=O) groups excluding carboxylic acids is 5. The van der Waals surface area contributed by atoms with Crippen molar-refractivity contribution < 1.29 is 33.4 Å². The van der Waals surface area contributed by atoms with E-state index < -0.39 is 35.5 Å². The molecule has 12 nitrogen and oxygen atoms in total. The Morgan fingerprint density at radius 3 is 1.68 bits per heavy atom. The smallest absolute Gasteiger partial charge is 0.408 e. The number of alkyl carbamates (subject to hydrolysis) is 2. The van der Waals surface area contributed by atoms with Crippen molar-refractivity contribution in [2.24, 2.45) is 0 Å². The van der Waals surface area contributed by atoms with E-state index >= 15 is 0 Å². The Hall–Kier alpha value is -4.61. The first-order valence-electron chi connectivity index (χ1n) is 12.9. The molecule has 0 spiro atoms. The first kappa shape index (κ1) is 29.9. The zero-order valence-electron chi connectivity index (χ0n) is 22.8. The summed E-state index contributed by atoms with van der Waals surface area (Å²) in [6.45, 7) is 4.48. The highest BCUT2D eigenvalue weighted by Gasteiger charge is 2.29. The van der Waals surface area contributed by atoms with Crippen LogP contribution in [0.15, 0.2) is 48.5 Å². The molecule has 1 aliphatic carbocycles. The molecule has 0 aliphatic heterocycles. The maximum atomic E-state index is 12.2. The molecular weight excluding hydrogens is 518 g/mol. The Bertz CT molecular complexity index is 1200. The van der Waals surface area contributed by atoms with Crippen LogP contribution in [0.4, 0.5) is 9.59 Å². The Balaban J connectivity index is 1.25. The average molecular weight is 554 g/mol. The van der Waals surface area contributed by atoms with Crippen LogP contribution in [0.3, 0.4) is 0 Å². The number of benzene rings is 2. The fourth-order valence-corrected chi connectivity index (χ4v) is 4.03. The summed E-state index contributed by atoms with van der Waals surface area (Å²) in [5, 5.41) is 12.1. The monoisotopic (exact) mass is 553 g/mol. The second kappa shape index (κ2) is 14.0. The summed E-state index contributed by atoms with van der Waals surface area (Å²) in [7, 11) is 0. The van der Waals surface area contributed by atoms with Crippen molar-refractivity contribution in [1.29, 1.82) is 0 Å². The number of ether oxygens (including phenoxy) is 2. The molecule has 0 fully saturated rings. The summed E-state index contributed by atoms with van der Waals surface area (Å²) in [4.78, 5) is 59.2. The van der Waals surface area contributed by atoms with E-state index in [9.17, 15) is 24.0 Å². The van der Waals surface area contributed by atoms with E-state index in [4.69, 9.17) is 9.47 Å². The van der Waals surface area contributed by atoms with E-state index in [1.54, 1.807) is 20.8 Å². The van der Waals surface area contributed by atoms with Crippen molar-refractivity contribution in [3.8, 4) is 11.1 Å². The zero-order chi connectivity index (χ0) is 29.1. The maximum Gasteiger partial charge on any atom is 0.408 e. The van der Waals surface area contributed by atoms with Crippen molar-refractivity contribution in [2.75, 3.05) is 39.3 Å². The summed E-state index contributed by atoms with van der Waals surface area (Å²) < 4.78 is 10.4. The van der Waals surface area contributed by atoms with Crippen LogP contribution in [0.5, 0.6) is 0 Å². The van der Waals surface area contributed by atoms with Crippen LogP contribution in [-0.2, 0) is 23.9 Å². The van der Waals surface area contributed by atoms with Crippen molar-refractivity contribution >= 4 is 29.9 Å². The van der Waals surface area contributed by atoms with E-state index in [0.717, 1.165) is 22.3 Å². The molecule has 2 aromatic rings. The number of carbonyl (C=O) groups is 5. The van der Waals surface area contributed by atoms with Gasteiger partial charge in [0.15, 0.2) is 0 Å². The third-order valence-electron chi connectivity index (χ3n) is 5.74. The molecule has 0 atom stereocenters. The summed E-state index contributed by atoms with van der Waals surface area (Å²) in [6, 6.07) is 16.1. The van der Waals surface area contributed by atoms with Crippen molar-refractivity contribution in [3.63, 3.8) is 0 Å². The molecule has 0 bridgehead atoms. The van der Waals surface area contributed by atoms with Gasteiger partial charge in [-0.2, -0.15) is 0 Å². The van der Waals surface area contributed by atoms with Crippen LogP contribution >= 0.6 is 0 Å². The largest absolute Gasteiger partial charge is 0.449 e. The second-order valence-corrected chi connectivity index (χ2v) is 10.0. The van der Waals surface area contributed by atoms with Crippen molar-refractivity contribution in [3.05, 3.63) is 59.7 Å². The van der Waals surface area contributed by atoms with Gasteiger partial charge in [0.1, 0.15) is 18.8 Å². The van der Waals surface area contributed by atoms with Gasteiger partial charge >= 0.3 is 12.2 Å². The number of amides is 5. The Labute approximate surface area is 232 Å². The highest BCUT2D eigenvalue weighted by atomic mass is 16.6. The molecule has 40 heavy (non-hydrogen) atoms. The molecule has 0 saturated heterocycles. The third kappa shape index (κ3) is 9.29. The van der Waals surface area contributed by atoms with Gasteiger partial charge in [0.25, 0.3) is 0 Å². The Morgan fingerprint density at radius 1 is 0.650 bits per heavy atom. The minimum atomic E-state index is -0.753. The number of rotatable bonds is 11. The highest BCUT2D eigenvalue weighted by molar-refractivity contribution is 5.89. The fraction of sp³-hybridized carbons (Fsp3) is 0.393. The third-order valence-corrected chi connectivity index (χ3v) is 5.74. The average Bonchev–Trinajstić information content (AvgIpc) is 3.23. The lowest BCUT2D eigenvalue weighted by Gasteiger charge is -2.19. The minimum Gasteiger partial charge on any atom is -0.449 e. The van der Waals surface area contributed by atoms with Gasteiger partial charge in [-0.05, 0) is 43.0 Å². The molecular formula is C28H35N5O7. The number of hydrogen-bond donors (Lipinski definition) is 5. The fourth-order valence-electron chi connectivity index (χ4n) is 4.03. The Kier molecular flexibility index (Phi) is 10.5. The first-order chi connectivity index (χ1) is 19.0. The molecule has 0 aromatic heterocycles. The lowest BCUT2D eigenvalue weighted by molar-refractivity contribution is -0.127. The maximum absolute atomic E-state index is 12.2. The second-order valence-electron chi connectivity index (χ2n) is 10.0. The van der Waals surface area contributed by atoms with E-state index in [1.165, 1.54) is 0 Å². The van der Waals surface area contributed by atoms with E-state index in [0.29, 0.717) is 0 Å². The lowest BCUT2D eigenvalue weighted by atomic mass is 9.98. The van der Waals surface area contributed by atoms with Gasteiger partial charge in [-0.15, -0.1) is 0 Å². The van der Waals surface area contributed by atoms with Crippen LogP contribution in [0.1, 0.15) is 37.8 Å². The Morgan fingerprint density at radius 2 is 1.12 bits per heavy atom. The van der Waals surface area contributed by atoms with Gasteiger partial charge < -0.3 is 36.1 Å². The molecule has 2 aromatic carbocycles. The summed E-state index contributed by atoms with van der Waals surface area (Å²) in [5.74, 6) is -1.70. The van der Waals surface area contributed by atoms with Gasteiger partial charge in [0.2, 0.25) is 17.7 Å². The van der Waals surface area contributed by atoms with Crippen LogP contribution < -0.4 is 26.6 Å². The van der Waals surface area contributed by atoms with Gasteiger partial charge in [0.05, 0.1) is 13.1 Å². The lowest BCUT2D eigenvalue weighted by Crippen LogP contribution is -2.45. The van der Waals surface area contributed by atoms with Crippen LogP contribution in [-0.4, -0.2) is 74.8 Å². The normalized spacial score (nSPS) is 11.9. The van der Waals surface area contributed by atoms with Crippen LogP contribution in [0.25, 0.3) is 11.1 Å². The summed E-state index contributed by atoms with van der Waals surface area (Å²) in [6.07, 6.45) is -1.35. The molecule has 0 heterocycles. The molecule has 3 rings (SSSR count). The van der Waals surface area contributed by atoms with Crippen LogP contribution in [0.2, 0.25) is 0 Å². The van der Waals surface area contributed by atoms with E-state index in [1.807, 2.05) is 36.4 Å². The molecule has 214 valence electrons. The summed E-state index contributed by atoms with van der Waals surface area (Å²) >= 11 is 0. The molecule has 0 radical (unpaired) electrons. The first-order valence-corrected chi connectivity index (χ1v) is 12.9. The predicted molar refractivity (Wildman–Crippen MR) is 146 cm³/mol. The van der Waals surface area contributed by atoms with Gasteiger partial charge in [-0.1, -0.05) is 48.5 Å². The quantitative estimate of drug-likeness (QED) is 0.263.